The highest BCUT2D eigenvalue weighted by Gasteiger charge is 2.39. The van der Waals surface area contributed by atoms with Crippen molar-refractivity contribution < 1.29 is 14.0 Å². The fraction of sp³-hybridized carbons (Fsp3) is 0.167. The number of nitrogens with one attached hydrogen (secondary N) is 2. The van der Waals surface area contributed by atoms with Crippen LogP contribution in [0.4, 0.5) is 0 Å². The van der Waals surface area contributed by atoms with Crippen LogP contribution in [0.3, 0.4) is 0 Å². The normalized spacial score (nSPS) is 15.6. The number of aryl methyl sites for hydroxylation is 1. The average molecular weight is 399 g/mol. The van der Waals surface area contributed by atoms with E-state index in [-0.39, 0.29) is 24.4 Å². The minimum Gasteiger partial charge on any atom is -0.465 e. The maximum atomic E-state index is 13.2. The van der Waals surface area contributed by atoms with Crippen molar-refractivity contribution in [2.24, 2.45) is 0 Å². The SMILES string of the molecule is Cc1ccc(CNC(=O)CN2C(=O)c3ccccc3[C@H]2c2c[nH]c3ccccc23)o1. The Hall–Kier alpha value is -3.80. The van der Waals surface area contributed by atoms with Gasteiger partial charge in [-0.05, 0) is 36.8 Å². The number of carbonyl (C=O) groups is 2. The molecule has 1 atom stereocenters. The van der Waals surface area contributed by atoms with Crippen molar-refractivity contribution in [3.05, 3.63) is 95.1 Å². The van der Waals surface area contributed by atoms with E-state index in [1.807, 2.05) is 73.8 Å². The average Bonchev–Trinajstić information content (AvgIpc) is 3.44. The van der Waals surface area contributed by atoms with Crippen molar-refractivity contribution >= 4 is 22.7 Å². The molecule has 150 valence electrons. The van der Waals surface area contributed by atoms with Gasteiger partial charge in [0.2, 0.25) is 5.91 Å². The first kappa shape index (κ1) is 18.2. The van der Waals surface area contributed by atoms with Crippen LogP contribution < -0.4 is 5.32 Å². The molecule has 1 aliphatic heterocycles. The number of aromatic nitrogens is 1. The Balaban J connectivity index is 1.45. The third kappa shape index (κ3) is 3.06. The molecule has 2 N–H and O–H groups in total. The molecule has 1 aliphatic rings. The predicted octanol–water partition coefficient (Wildman–Crippen LogP) is 3.93. The molecule has 5 rings (SSSR count). The summed E-state index contributed by atoms with van der Waals surface area (Å²) in [4.78, 5) is 30.8. The van der Waals surface area contributed by atoms with Gasteiger partial charge in [-0.1, -0.05) is 36.4 Å². The van der Waals surface area contributed by atoms with Crippen LogP contribution >= 0.6 is 0 Å². The largest absolute Gasteiger partial charge is 0.465 e. The smallest absolute Gasteiger partial charge is 0.255 e. The highest BCUT2D eigenvalue weighted by molar-refractivity contribution is 6.02. The van der Waals surface area contributed by atoms with Gasteiger partial charge < -0.3 is 19.6 Å². The molecule has 2 aromatic carbocycles. The van der Waals surface area contributed by atoms with E-state index in [4.69, 9.17) is 4.42 Å². The summed E-state index contributed by atoms with van der Waals surface area (Å²) >= 11 is 0. The van der Waals surface area contributed by atoms with Crippen molar-refractivity contribution in [2.75, 3.05) is 6.54 Å². The molecule has 0 fully saturated rings. The number of benzene rings is 2. The van der Waals surface area contributed by atoms with Crippen molar-refractivity contribution in [1.29, 1.82) is 0 Å². The van der Waals surface area contributed by atoms with E-state index in [1.54, 1.807) is 4.90 Å². The molecule has 0 saturated heterocycles. The minimum atomic E-state index is -0.318. The number of furan rings is 1. The number of aromatic amines is 1. The highest BCUT2D eigenvalue weighted by Crippen LogP contribution is 2.40. The molecule has 6 nitrogen and oxygen atoms in total. The van der Waals surface area contributed by atoms with Crippen LogP contribution in [0.25, 0.3) is 10.9 Å². The molecule has 0 spiro atoms. The second-order valence-corrected chi connectivity index (χ2v) is 7.50. The first-order valence-corrected chi connectivity index (χ1v) is 9.90. The molecular formula is C24H21N3O3. The quantitative estimate of drug-likeness (QED) is 0.534. The van der Waals surface area contributed by atoms with Crippen LogP contribution in [-0.2, 0) is 11.3 Å². The number of nitrogens with zero attached hydrogens (tertiary/aromatic N) is 1. The maximum Gasteiger partial charge on any atom is 0.255 e. The second-order valence-electron chi connectivity index (χ2n) is 7.50. The van der Waals surface area contributed by atoms with E-state index in [2.05, 4.69) is 10.3 Å². The summed E-state index contributed by atoms with van der Waals surface area (Å²) in [6.07, 6.45) is 1.93. The monoisotopic (exact) mass is 399 g/mol. The van der Waals surface area contributed by atoms with E-state index < -0.39 is 0 Å². The lowest BCUT2D eigenvalue weighted by atomic mass is 9.97. The molecule has 3 heterocycles. The van der Waals surface area contributed by atoms with Crippen LogP contribution in [0, 0.1) is 6.92 Å². The van der Waals surface area contributed by atoms with Gasteiger partial charge in [-0.3, -0.25) is 9.59 Å². The van der Waals surface area contributed by atoms with Gasteiger partial charge in [-0.15, -0.1) is 0 Å². The highest BCUT2D eigenvalue weighted by atomic mass is 16.3. The Morgan fingerprint density at radius 2 is 1.87 bits per heavy atom. The van der Waals surface area contributed by atoms with E-state index >= 15 is 0 Å². The summed E-state index contributed by atoms with van der Waals surface area (Å²) in [7, 11) is 0. The number of H-pyrrole nitrogens is 1. The number of amides is 2. The van der Waals surface area contributed by atoms with Crippen LogP contribution in [0.5, 0.6) is 0 Å². The third-order valence-corrected chi connectivity index (χ3v) is 5.54. The summed E-state index contributed by atoms with van der Waals surface area (Å²) < 4.78 is 5.50. The zero-order valence-electron chi connectivity index (χ0n) is 16.5. The second kappa shape index (κ2) is 7.22. The van der Waals surface area contributed by atoms with E-state index in [9.17, 15) is 9.59 Å². The number of hydrogen-bond acceptors (Lipinski definition) is 3. The molecule has 0 bridgehead atoms. The molecule has 30 heavy (non-hydrogen) atoms. The minimum absolute atomic E-state index is 0.0304. The van der Waals surface area contributed by atoms with E-state index in [1.165, 1.54) is 0 Å². The number of fused-ring (bicyclic) bond motifs is 2. The molecule has 6 heteroatoms. The van der Waals surface area contributed by atoms with E-state index in [0.717, 1.165) is 27.8 Å². The summed E-state index contributed by atoms with van der Waals surface area (Å²) in [5, 5.41) is 3.90. The van der Waals surface area contributed by atoms with Crippen molar-refractivity contribution in [3.63, 3.8) is 0 Å². The third-order valence-electron chi connectivity index (χ3n) is 5.54. The fourth-order valence-electron chi connectivity index (χ4n) is 4.17. The Morgan fingerprint density at radius 1 is 1.07 bits per heavy atom. The standard InChI is InChI=1S/C24H21N3O3/c1-15-10-11-16(30-15)12-26-22(28)14-27-23(18-7-2-3-8-19(18)24(27)29)20-13-25-21-9-5-4-6-17(20)21/h2-11,13,23,25H,12,14H2,1H3,(H,26,28)/t23-/m0/s1. The van der Waals surface area contributed by atoms with Crippen LogP contribution in [0.15, 0.2) is 71.3 Å². The molecular weight excluding hydrogens is 378 g/mol. The van der Waals surface area contributed by atoms with Gasteiger partial charge in [0.05, 0.1) is 12.6 Å². The molecule has 0 radical (unpaired) electrons. The van der Waals surface area contributed by atoms with Gasteiger partial charge in [-0.2, -0.15) is 0 Å². The zero-order chi connectivity index (χ0) is 20.7. The fourth-order valence-corrected chi connectivity index (χ4v) is 4.17. The lowest BCUT2D eigenvalue weighted by Gasteiger charge is -2.25. The first-order chi connectivity index (χ1) is 14.6. The Morgan fingerprint density at radius 3 is 2.70 bits per heavy atom. The predicted molar refractivity (Wildman–Crippen MR) is 113 cm³/mol. The number of carbonyl (C=O) groups excluding carboxylic acids is 2. The molecule has 0 unspecified atom stereocenters. The molecule has 2 aromatic heterocycles. The van der Waals surface area contributed by atoms with Crippen molar-refractivity contribution in [3.8, 4) is 0 Å². The molecule has 0 saturated carbocycles. The van der Waals surface area contributed by atoms with Gasteiger partial charge >= 0.3 is 0 Å². The van der Waals surface area contributed by atoms with E-state index in [0.29, 0.717) is 17.9 Å². The summed E-state index contributed by atoms with van der Waals surface area (Å²) in [6, 6.07) is 18.9. The topological polar surface area (TPSA) is 78.3 Å². The maximum absolute atomic E-state index is 13.2. The Kier molecular flexibility index (Phi) is 4.39. The number of rotatable bonds is 5. The summed E-state index contributed by atoms with van der Waals surface area (Å²) in [6.45, 7) is 2.12. The van der Waals surface area contributed by atoms with Gasteiger partial charge in [0, 0.05) is 28.2 Å². The van der Waals surface area contributed by atoms with Crippen LogP contribution in [-0.4, -0.2) is 28.2 Å². The molecule has 4 aromatic rings. The number of hydrogen-bond donors (Lipinski definition) is 2. The van der Waals surface area contributed by atoms with Gasteiger partial charge in [0.15, 0.2) is 0 Å². The number of para-hydroxylation sites is 1. The Bertz CT molecular complexity index is 1250. The van der Waals surface area contributed by atoms with Gasteiger partial charge in [-0.25, -0.2) is 0 Å². The first-order valence-electron chi connectivity index (χ1n) is 9.90. The lowest BCUT2D eigenvalue weighted by Crippen LogP contribution is -2.39. The van der Waals surface area contributed by atoms with Crippen molar-refractivity contribution in [1.82, 2.24) is 15.2 Å². The lowest BCUT2D eigenvalue weighted by molar-refractivity contribution is -0.122. The van der Waals surface area contributed by atoms with Crippen LogP contribution in [0.1, 0.15) is 39.0 Å². The summed E-state index contributed by atoms with van der Waals surface area (Å²) in [5.74, 6) is 1.12. The van der Waals surface area contributed by atoms with Gasteiger partial charge in [0.25, 0.3) is 5.91 Å². The Labute approximate surface area is 173 Å². The zero-order valence-corrected chi connectivity index (χ0v) is 16.5. The van der Waals surface area contributed by atoms with Gasteiger partial charge in [0.1, 0.15) is 18.1 Å². The molecule has 0 aliphatic carbocycles. The summed E-state index contributed by atoms with van der Waals surface area (Å²) in [5.41, 5.74) is 3.55. The van der Waals surface area contributed by atoms with Crippen LogP contribution in [0.2, 0.25) is 0 Å². The molecule has 2 amide bonds. The van der Waals surface area contributed by atoms with Crippen molar-refractivity contribution in [2.45, 2.75) is 19.5 Å².